The van der Waals surface area contributed by atoms with Gasteiger partial charge in [0.2, 0.25) is 5.91 Å². The summed E-state index contributed by atoms with van der Waals surface area (Å²) in [6.07, 6.45) is 5.04. The molecule has 1 aliphatic heterocycles. The van der Waals surface area contributed by atoms with E-state index < -0.39 is 0 Å². The fourth-order valence-electron chi connectivity index (χ4n) is 4.16. The van der Waals surface area contributed by atoms with Crippen LogP contribution in [-0.2, 0) is 17.9 Å². The lowest BCUT2D eigenvalue weighted by molar-refractivity contribution is -0.127. The number of hydrogen-bond donors (Lipinski definition) is 1. The third-order valence-electron chi connectivity index (χ3n) is 5.62. The summed E-state index contributed by atoms with van der Waals surface area (Å²) in [4.78, 5) is 21.7. The van der Waals surface area contributed by atoms with Gasteiger partial charge >= 0.3 is 0 Å². The van der Waals surface area contributed by atoms with Crippen molar-refractivity contribution >= 4 is 16.9 Å². The van der Waals surface area contributed by atoms with E-state index in [4.69, 9.17) is 5.10 Å². The van der Waals surface area contributed by atoms with Crippen molar-refractivity contribution in [3.63, 3.8) is 0 Å². The standard InChI is InChI=1S/C23H20FN5O/c1-3-19(30)28-10-11-29-18(13-28)21(22(27-29)15-4-6-16(24)7-5-15)17-8-9-25-23-20(17)14(2)12-26-23/h3-9,12H,1,10-11,13H2,2H3,(H,25,26). The highest BCUT2D eigenvalue weighted by atomic mass is 19.1. The van der Waals surface area contributed by atoms with E-state index in [9.17, 15) is 9.18 Å². The zero-order valence-electron chi connectivity index (χ0n) is 16.5. The van der Waals surface area contributed by atoms with Gasteiger partial charge in [-0.2, -0.15) is 5.10 Å². The molecule has 30 heavy (non-hydrogen) atoms. The second-order valence-corrected chi connectivity index (χ2v) is 7.42. The van der Waals surface area contributed by atoms with E-state index in [1.54, 1.807) is 23.2 Å². The lowest BCUT2D eigenvalue weighted by atomic mass is 9.95. The largest absolute Gasteiger partial charge is 0.346 e. The van der Waals surface area contributed by atoms with E-state index in [0.29, 0.717) is 19.6 Å². The van der Waals surface area contributed by atoms with E-state index in [1.807, 2.05) is 23.9 Å². The highest BCUT2D eigenvalue weighted by Gasteiger charge is 2.28. The highest BCUT2D eigenvalue weighted by Crippen LogP contribution is 2.40. The maximum atomic E-state index is 13.6. The van der Waals surface area contributed by atoms with E-state index in [-0.39, 0.29) is 11.7 Å². The van der Waals surface area contributed by atoms with Crippen molar-refractivity contribution < 1.29 is 9.18 Å². The van der Waals surface area contributed by atoms with Crippen LogP contribution in [0, 0.1) is 12.7 Å². The van der Waals surface area contributed by atoms with Gasteiger partial charge in [-0.05, 0) is 54.5 Å². The predicted molar refractivity (Wildman–Crippen MR) is 113 cm³/mol. The van der Waals surface area contributed by atoms with Gasteiger partial charge in [-0.1, -0.05) is 6.58 Å². The number of aromatic amines is 1. The number of carbonyl (C=O) groups excluding carboxylic acids is 1. The minimum absolute atomic E-state index is 0.102. The molecule has 0 fully saturated rings. The fraction of sp³-hybridized carbons (Fsp3) is 0.174. The van der Waals surface area contributed by atoms with Gasteiger partial charge in [0.25, 0.3) is 0 Å². The number of nitrogens with zero attached hydrogens (tertiary/aromatic N) is 4. The zero-order valence-corrected chi connectivity index (χ0v) is 16.5. The quantitative estimate of drug-likeness (QED) is 0.526. The molecule has 4 aromatic rings. The van der Waals surface area contributed by atoms with Crippen LogP contribution in [0.5, 0.6) is 0 Å². The molecule has 0 atom stereocenters. The summed E-state index contributed by atoms with van der Waals surface area (Å²) in [6.45, 7) is 7.24. The van der Waals surface area contributed by atoms with Crippen LogP contribution in [-0.4, -0.2) is 37.1 Å². The lowest BCUT2D eigenvalue weighted by Gasteiger charge is -2.27. The van der Waals surface area contributed by atoms with Crippen molar-refractivity contribution in [1.29, 1.82) is 0 Å². The second kappa shape index (κ2) is 6.95. The second-order valence-electron chi connectivity index (χ2n) is 7.42. The van der Waals surface area contributed by atoms with Gasteiger partial charge in [0.05, 0.1) is 18.8 Å². The Kier molecular flexibility index (Phi) is 4.24. The van der Waals surface area contributed by atoms with Crippen LogP contribution in [0.2, 0.25) is 0 Å². The van der Waals surface area contributed by atoms with Crippen LogP contribution in [0.15, 0.2) is 55.4 Å². The first-order chi connectivity index (χ1) is 14.6. The van der Waals surface area contributed by atoms with Crippen molar-refractivity contribution in [3.05, 3.63) is 72.5 Å². The van der Waals surface area contributed by atoms with Crippen LogP contribution in [0.25, 0.3) is 33.4 Å². The smallest absolute Gasteiger partial charge is 0.246 e. The Bertz CT molecular complexity index is 1290. The summed E-state index contributed by atoms with van der Waals surface area (Å²) < 4.78 is 15.5. The number of carbonyl (C=O) groups is 1. The number of benzene rings is 1. The Labute approximate surface area is 172 Å². The number of rotatable bonds is 3. The van der Waals surface area contributed by atoms with Gasteiger partial charge in [0.1, 0.15) is 17.2 Å². The molecule has 0 radical (unpaired) electrons. The third kappa shape index (κ3) is 2.82. The summed E-state index contributed by atoms with van der Waals surface area (Å²) in [5, 5.41) is 5.88. The van der Waals surface area contributed by atoms with Gasteiger partial charge in [-0.15, -0.1) is 0 Å². The van der Waals surface area contributed by atoms with Gasteiger partial charge in [-0.3, -0.25) is 9.48 Å². The van der Waals surface area contributed by atoms with Crippen LogP contribution in [0.3, 0.4) is 0 Å². The summed E-state index contributed by atoms with van der Waals surface area (Å²) in [5.41, 5.74) is 6.35. The molecule has 0 bridgehead atoms. The first-order valence-electron chi connectivity index (χ1n) is 9.77. The first kappa shape index (κ1) is 18.3. The van der Waals surface area contributed by atoms with Gasteiger partial charge < -0.3 is 9.88 Å². The molecule has 6 nitrogen and oxygen atoms in total. The monoisotopic (exact) mass is 401 g/mol. The van der Waals surface area contributed by atoms with Gasteiger partial charge in [-0.25, -0.2) is 9.37 Å². The predicted octanol–water partition coefficient (Wildman–Crippen LogP) is 4.07. The van der Waals surface area contributed by atoms with E-state index >= 15 is 0 Å². The van der Waals surface area contributed by atoms with Crippen LogP contribution >= 0.6 is 0 Å². The number of aromatic nitrogens is 4. The summed E-state index contributed by atoms with van der Waals surface area (Å²) in [5.74, 6) is -0.394. The Balaban J connectivity index is 1.78. The van der Waals surface area contributed by atoms with Crippen molar-refractivity contribution in [1.82, 2.24) is 24.6 Å². The summed E-state index contributed by atoms with van der Waals surface area (Å²) in [7, 11) is 0. The lowest BCUT2D eigenvalue weighted by Crippen LogP contribution is -2.37. The minimum atomic E-state index is -0.292. The molecule has 0 saturated heterocycles. The van der Waals surface area contributed by atoms with E-state index in [0.717, 1.165) is 44.7 Å². The Morgan fingerprint density at radius 2 is 2.03 bits per heavy atom. The van der Waals surface area contributed by atoms with Gasteiger partial charge in [0, 0.05) is 35.5 Å². The zero-order chi connectivity index (χ0) is 20.8. The number of aryl methyl sites for hydroxylation is 1. The number of nitrogens with one attached hydrogen (secondary N) is 1. The summed E-state index contributed by atoms with van der Waals surface area (Å²) in [6, 6.07) is 8.33. The Hall–Kier alpha value is -3.74. The van der Waals surface area contributed by atoms with Crippen LogP contribution in [0.1, 0.15) is 11.3 Å². The molecule has 4 heterocycles. The molecule has 1 N–H and O–H groups in total. The molecule has 1 aromatic carbocycles. The fourth-order valence-corrected chi connectivity index (χ4v) is 4.16. The van der Waals surface area contributed by atoms with E-state index in [2.05, 4.69) is 16.5 Å². The Morgan fingerprint density at radius 1 is 1.23 bits per heavy atom. The minimum Gasteiger partial charge on any atom is -0.346 e. The molecule has 0 spiro atoms. The topological polar surface area (TPSA) is 66.8 Å². The molecule has 7 heteroatoms. The number of fused-ring (bicyclic) bond motifs is 2. The van der Waals surface area contributed by atoms with E-state index in [1.165, 1.54) is 18.2 Å². The molecular weight excluding hydrogens is 381 g/mol. The molecule has 1 amide bonds. The third-order valence-corrected chi connectivity index (χ3v) is 5.62. The molecule has 1 aliphatic rings. The molecule has 0 aliphatic carbocycles. The number of pyridine rings is 1. The molecule has 150 valence electrons. The SMILES string of the molecule is C=CC(=O)N1CCn2nc(-c3ccc(F)cc3)c(-c3ccnc4[nH]cc(C)c34)c2C1. The molecule has 0 unspecified atom stereocenters. The summed E-state index contributed by atoms with van der Waals surface area (Å²) >= 11 is 0. The number of hydrogen-bond acceptors (Lipinski definition) is 3. The van der Waals surface area contributed by atoms with Crippen LogP contribution in [0.4, 0.5) is 4.39 Å². The average molecular weight is 401 g/mol. The molecule has 5 rings (SSSR count). The number of H-pyrrole nitrogens is 1. The first-order valence-corrected chi connectivity index (χ1v) is 9.77. The maximum Gasteiger partial charge on any atom is 0.246 e. The number of amides is 1. The highest BCUT2D eigenvalue weighted by molar-refractivity contribution is 6.00. The van der Waals surface area contributed by atoms with Crippen molar-refractivity contribution in [2.45, 2.75) is 20.0 Å². The van der Waals surface area contributed by atoms with Crippen LogP contribution < -0.4 is 0 Å². The van der Waals surface area contributed by atoms with Crippen molar-refractivity contribution in [2.24, 2.45) is 0 Å². The molecule has 3 aromatic heterocycles. The average Bonchev–Trinajstić information content (AvgIpc) is 3.34. The van der Waals surface area contributed by atoms with Crippen molar-refractivity contribution in [3.8, 4) is 22.4 Å². The Morgan fingerprint density at radius 3 is 2.80 bits per heavy atom. The maximum absolute atomic E-state index is 13.6. The number of halogens is 1. The van der Waals surface area contributed by atoms with Gasteiger partial charge in [0.15, 0.2) is 0 Å². The van der Waals surface area contributed by atoms with Crippen molar-refractivity contribution in [2.75, 3.05) is 6.54 Å². The molecule has 0 saturated carbocycles. The normalized spacial score (nSPS) is 13.5. The molecular formula is C23H20FN5O.